The Hall–Kier alpha value is -3.92. The summed E-state index contributed by atoms with van der Waals surface area (Å²) in [5.74, 6) is -0.406. The van der Waals surface area contributed by atoms with E-state index in [2.05, 4.69) is 5.32 Å². The molecule has 160 valence electrons. The summed E-state index contributed by atoms with van der Waals surface area (Å²) in [5, 5.41) is 13.5. The predicted molar refractivity (Wildman–Crippen MR) is 116 cm³/mol. The molecule has 3 aromatic rings. The molecule has 0 radical (unpaired) electrons. The summed E-state index contributed by atoms with van der Waals surface area (Å²) in [4.78, 5) is 23.1. The van der Waals surface area contributed by atoms with Gasteiger partial charge in [-0.15, -0.1) is 0 Å². The number of nitro benzene ring substituents is 1. The third-order valence-corrected chi connectivity index (χ3v) is 6.09. The Morgan fingerprint density at radius 2 is 1.71 bits per heavy atom. The van der Waals surface area contributed by atoms with Crippen molar-refractivity contribution >= 4 is 33.0 Å². The van der Waals surface area contributed by atoms with E-state index in [-0.39, 0.29) is 27.7 Å². The maximum atomic E-state index is 13.3. The summed E-state index contributed by atoms with van der Waals surface area (Å²) in [6.07, 6.45) is 0. The molecule has 1 N–H and O–H groups in total. The molecule has 0 fully saturated rings. The van der Waals surface area contributed by atoms with Crippen LogP contribution in [-0.4, -0.2) is 32.9 Å². The van der Waals surface area contributed by atoms with Gasteiger partial charge >= 0.3 is 0 Å². The molecular formula is C21H19N3O6S. The highest BCUT2D eigenvalue weighted by Crippen LogP contribution is 2.32. The molecule has 3 rings (SSSR count). The van der Waals surface area contributed by atoms with Crippen LogP contribution in [0.5, 0.6) is 5.75 Å². The van der Waals surface area contributed by atoms with Crippen LogP contribution in [0.15, 0.2) is 83.8 Å². The van der Waals surface area contributed by atoms with Crippen LogP contribution < -0.4 is 14.4 Å². The number of nitro groups is 1. The third kappa shape index (κ3) is 4.98. The predicted octanol–water partition coefficient (Wildman–Crippen LogP) is 3.44. The number of anilines is 2. The largest absolute Gasteiger partial charge is 0.495 e. The Kier molecular flexibility index (Phi) is 6.51. The lowest BCUT2D eigenvalue weighted by molar-refractivity contribution is -0.384. The van der Waals surface area contributed by atoms with E-state index in [0.29, 0.717) is 0 Å². The van der Waals surface area contributed by atoms with Crippen LogP contribution in [-0.2, 0) is 14.8 Å². The topological polar surface area (TPSA) is 119 Å². The summed E-state index contributed by atoms with van der Waals surface area (Å²) < 4.78 is 32.9. The van der Waals surface area contributed by atoms with Crippen molar-refractivity contribution in [3.63, 3.8) is 0 Å². The molecule has 1 amide bonds. The maximum absolute atomic E-state index is 13.3. The molecule has 0 saturated carbocycles. The van der Waals surface area contributed by atoms with Crippen molar-refractivity contribution in [1.82, 2.24) is 0 Å². The van der Waals surface area contributed by atoms with E-state index >= 15 is 0 Å². The van der Waals surface area contributed by atoms with E-state index < -0.39 is 27.4 Å². The number of nitrogens with one attached hydrogen (secondary N) is 1. The van der Waals surface area contributed by atoms with Gasteiger partial charge in [0, 0.05) is 17.8 Å². The molecule has 0 heterocycles. The number of non-ortho nitro benzene ring substituents is 1. The van der Waals surface area contributed by atoms with E-state index in [1.54, 1.807) is 36.4 Å². The molecule has 0 aromatic heterocycles. The summed E-state index contributed by atoms with van der Waals surface area (Å²) in [5.41, 5.74) is 0.163. The number of carbonyl (C=O) groups excluding carboxylic acids is 1. The Bertz CT molecular complexity index is 1200. The Labute approximate surface area is 179 Å². The Morgan fingerprint density at radius 1 is 1.03 bits per heavy atom. The second kappa shape index (κ2) is 9.26. The van der Waals surface area contributed by atoms with Gasteiger partial charge in [0.2, 0.25) is 5.91 Å². The zero-order valence-electron chi connectivity index (χ0n) is 16.5. The molecule has 3 aromatic carbocycles. The summed E-state index contributed by atoms with van der Waals surface area (Å²) in [6, 6.07) is 19.5. The van der Waals surface area contributed by atoms with Gasteiger partial charge in [-0.25, -0.2) is 8.42 Å². The number of hydrogen-bond donors (Lipinski definition) is 1. The second-order valence-electron chi connectivity index (χ2n) is 6.35. The molecule has 0 saturated heterocycles. The maximum Gasteiger partial charge on any atom is 0.271 e. The minimum Gasteiger partial charge on any atom is -0.495 e. The molecule has 10 heteroatoms. The number of para-hydroxylation sites is 2. The van der Waals surface area contributed by atoms with Gasteiger partial charge in [0.15, 0.2) is 0 Å². The fourth-order valence-electron chi connectivity index (χ4n) is 2.88. The van der Waals surface area contributed by atoms with Crippen molar-refractivity contribution in [2.45, 2.75) is 4.90 Å². The van der Waals surface area contributed by atoms with Crippen LogP contribution in [0.25, 0.3) is 0 Å². The number of sulfonamides is 1. The first-order valence-electron chi connectivity index (χ1n) is 9.08. The molecule has 0 unspecified atom stereocenters. The van der Waals surface area contributed by atoms with Crippen molar-refractivity contribution < 1.29 is 22.9 Å². The van der Waals surface area contributed by atoms with Crippen LogP contribution in [0.2, 0.25) is 0 Å². The van der Waals surface area contributed by atoms with Crippen LogP contribution in [0, 0.1) is 10.1 Å². The molecule has 0 aliphatic heterocycles. The van der Waals surface area contributed by atoms with E-state index in [4.69, 9.17) is 4.74 Å². The van der Waals surface area contributed by atoms with Gasteiger partial charge in [0.25, 0.3) is 15.7 Å². The Morgan fingerprint density at radius 3 is 2.39 bits per heavy atom. The number of rotatable bonds is 8. The van der Waals surface area contributed by atoms with Gasteiger partial charge in [0.1, 0.15) is 12.3 Å². The van der Waals surface area contributed by atoms with Crippen molar-refractivity contribution in [2.75, 3.05) is 23.3 Å². The number of nitrogens with zero attached hydrogens (tertiary/aromatic N) is 2. The van der Waals surface area contributed by atoms with Gasteiger partial charge in [-0.05, 0) is 30.3 Å². The number of hydrogen-bond acceptors (Lipinski definition) is 6. The van der Waals surface area contributed by atoms with Crippen LogP contribution in [0.1, 0.15) is 0 Å². The van der Waals surface area contributed by atoms with Crippen molar-refractivity contribution in [3.05, 3.63) is 89.0 Å². The summed E-state index contributed by atoms with van der Waals surface area (Å²) in [6.45, 7) is -0.569. The average molecular weight is 441 g/mol. The summed E-state index contributed by atoms with van der Waals surface area (Å²) >= 11 is 0. The summed E-state index contributed by atoms with van der Waals surface area (Å²) in [7, 11) is -2.71. The molecular weight excluding hydrogens is 422 g/mol. The first-order chi connectivity index (χ1) is 14.8. The zero-order valence-corrected chi connectivity index (χ0v) is 17.3. The highest BCUT2D eigenvalue weighted by Gasteiger charge is 2.29. The van der Waals surface area contributed by atoms with Crippen molar-refractivity contribution in [1.29, 1.82) is 0 Å². The molecule has 0 bridgehead atoms. The lowest BCUT2D eigenvalue weighted by Crippen LogP contribution is -2.38. The van der Waals surface area contributed by atoms with E-state index in [1.807, 2.05) is 0 Å². The number of ether oxygens (including phenoxy) is 1. The number of amides is 1. The average Bonchev–Trinajstić information content (AvgIpc) is 2.78. The highest BCUT2D eigenvalue weighted by atomic mass is 32.2. The lowest BCUT2D eigenvalue weighted by atomic mass is 10.2. The number of methoxy groups -OCH3 is 1. The normalized spacial score (nSPS) is 10.9. The molecule has 31 heavy (non-hydrogen) atoms. The van der Waals surface area contributed by atoms with Crippen LogP contribution >= 0.6 is 0 Å². The third-order valence-electron chi connectivity index (χ3n) is 4.31. The van der Waals surface area contributed by atoms with Gasteiger partial charge in [0.05, 0.1) is 22.6 Å². The quantitative estimate of drug-likeness (QED) is 0.422. The molecule has 0 aliphatic carbocycles. The molecule has 9 nitrogen and oxygen atoms in total. The standard InChI is InChI=1S/C21H19N3O6S/c1-30-20-13-6-5-12-19(20)23(31(28,29)18-10-3-2-4-11-18)15-21(25)22-16-8-7-9-17(14-16)24(26)27/h2-14H,15H2,1H3,(H,22,25). The van der Waals surface area contributed by atoms with Gasteiger partial charge in [-0.1, -0.05) is 36.4 Å². The van der Waals surface area contributed by atoms with Crippen LogP contribution in [0.4, 0.5) is 17.1 Å². The molecule has 0 spiro atoms. The van der Waals surface area contributed by atoms with Crippen molar-refractivity contribution in [2.24, 2.45) is 0 Å². The fraction of sp³-hybridized carbons (Fsp3) is 0.0952. The fourth-order valence-corrected chi connectivity index (χ4v) is 4.34. The van der Waals surface area contributed by atoms with Gasteiger partial charge < -0.3 is 10.1 Å². The first-order valence-corrected chi connectivity index (χ1v) is 10.5. The SMILES string of the molecule is COc1ccccc1N(CC(=O)Nc1cccc([N+](=O)[O-])c1)S(=O)(=O)c1ccccc1. The first kappa shape index (κ1) is 21.8. The minimum absolute atomic E-state index is 0.00375. The monoisotopic (exact) mass is 441 g/mol. The number of carbonyl (C=O) groups is 1. The number of benzene rings is 3. The van der Waals surface area contributed by atoms with Crippen molar-refractivity contribution in [3.8, 4) is 5.75 Å². The minimum atomic E-state index is -4.11. The van der Waals surface area contributed by atoms with E-state index in [9.17, 15) is 23.3 Å². The smallest absolute Gasteiger partial charge is 0.271 e. The Balaban J connectivity index is 1.96. The van der Waals surface area contributed by atoms with Crippen LogP contribution in [0.3, 0.4) is 0 Å². The van der Waals surface area contributed by atoms with E-state index in [1.165, 1.54) is 49.6 Å². The zero-order chi connectivity index (χ0) is 22.4. The van der Waals surface area contributed by atoms with E-state index in [0.717, 1.165) is 4.31 Å². The van der Waals surface area contributed by atoms with Gasteiger partial charge in [-0.2, -0.15) is 0 Å². The second-order valence-corrected chi connectivity index (χ2v) is 8.21. The van der Waals surface area contributed by atoms with Gasteiger partial charge in [-0.3, -0.25) is 19.2 Å². The molecule has 0 atom stereocenters. The highest BCUT2D eigenvalue weighted by molar-refractivity contribution is 7.92. The lowest BCUT2D eigenvalue weighted by Gasteiger charge is -2.25. The molecule has 0 aliphatic rings.